The molecule has 0 amide bonds. The Bertz CT molecular complexity index is 821. The van der Waals surface area contributed by atoms with Crippen LogP contribution in [0.5, 0.6) is 0 Å². The minimum Gasteiger partial charge on any atom is -0.366 e. The van der Waals surface area contributed by atoms with Gasteiger partial charge in [-0.05, 0) is 48.7 Å². The lowest BCUT2D eigenvalue weighted by Gasteiger charge is -2.15. The van der Waals surface area contributed by atoms with E-state index in [2.05, 4.69) is 53.0 Å². The van der Waals surface area contributed by atoms with Gasteiger partial charge in [0.05, 0.1) is 0 Å². The average Bonchev–Trinajstić information content (AvgIpc) is 2.93. The minimum absolute atomic E-state index is 0.836. The molecule has 2 nitrogen and oxygen atoms in total. The van der Waals surface area contributed by atoms with E-state index >= 15 is 0 Å². The molecule has 0 fully saturated rings. The molecule has 0 spiro atoms. The van der Waals surface area contributed by atoms with Crippen LogP contribution in [0.2, 0.25) is 5.02 Å². The molecule has 0 radical (unpaired) electrons. The molecular weight excluding hydrogens is 304 g/mol. The number of rotatable bonds is 2. The quantitative estimate of drug-likeness (QED) is 0.703. The first-order valence-electron chi connectivity index (χ1n) is 8.08. The summed E-state index contributed by atoms with van der Waals surface area (Å²) in [6.45, 7) is 2.04. The summed E-state index contributed by atoms with van der Waals surface area (Å²) in [6.07, 6.45) is 6.21. The van der Waals surface area contributed by atoms with Crippen molar-refractivity contribution in [3.8, 4) is 22.3 Å². The Morgan fingerprint density at radius 3 is 2.48 bits per heavy atom. The largest absolute Gasteiger partial charge is 0.366 e. The maximum absolute atomic E-state index is 6.63. The number of halogens is 1. The molecule has 3 aromatic rings. The molecule has 1 aliphatic rings. The van der Waals surface area contributed by atoms with Crippen molar-refractivity contribution in [3.05, 3.63) is 71.0 Å². The molecule has 2 N–H and O–H groups in total. The molecule has 3 heteroatoms. The molecule has 2 heterocycles. The zero-order chi connectivity index (χ0) is 15.6. The summed E-state index contributed by atoms with van der Waals surface area (Å²) < 4.78 is 0. The van der Waals surface area contributed by atoms with Crippen molar-refractivity contribution in [3.63, 3.8) is 0 Å². The van der Waals surface area contributed by atoms with Crippen LogP contribution in [0.1, 0.15) is 11.1 Å². The van der Waals surface area contributed by atoms with Gasteiger partial charge in [-0.2, -0.15) is 0 Å². The molecule has 4 rings (SSSR count). The highest BCUT2D eigenvalue weighted by Crippen LogP contribution is 2.40. The van der Waals surface area contributed by atoms with E-state index in [1.165, 1.54) is 33.4 Å². The van der Waals surface area contributed by atoms with Gasteiger partial charge in [0.2, 0.25) is 0 Å². The molecule has 1 aliphatic heterocycles. The van der Waals surface area contributed by atoms with E-state index in [1.54, 1.807) is 0 Å². The first-order chi connectivity index (χ1) is 11.3. The van der Waals surface area contributed by atoms with E-state index in [9.17, 15) is 0 Å². The molecule has 0 saturated heterocycles. The second kappa shape index (κ2) is 6.23. The zero-order valence-corrected chi connectivity index (χ0v) is 13.7. The van der Waals surface area contributed by atoms with Crippen LogP contribution in [-0.4, -0.2) is 18.1 Å². The highest BCUT2D eigenvalue weighted by atomic mass is 35.5. The normalized spacial score (nSPS) is 14.3. The number of nitrogens with one attached hydrogen (secondary N) is 2. The standard InChI is InChI=1S/C20H19ClN2/c21-19-7-6-15-8-10-22-11-9-16(15)20(19)18-13-23-12-17(18)14-4-2-1-3-5-14/h1-7,12-13,22-23H,8-11H2. The van der Waals surface area contributed by atoms with Crippen LogP contribution in [0, 0.1) is 0 Å². The third-order valence-corrected chi connectivity index (χ3v) is 4.90. The summed E-state index contributed by atoms with van der Waals surface area (Å²) in [4.78, 5) is 3.27. The van der Waals surface area contributed by atoms with Gasteiger partial charge in [-0.1, -0.05) is 48.0 Å². The van der Waals surface area contributed by atoms with Gasteiger partial charge in [0.1, 0.15) is 0 Å². The van der Waals surface area contributed by atoms with Crippen LogP contribution >= 0.6 is 11.6 Å². The number of aromatic nitrogens is 1. The van der Waals surface area contributed by atoms with Gasteiger partial charge < -0.3 is 10.3 Å². The SMILES string of the molecule is Clc1ccc2c(c1-c1c[nH]cc1-c1ccccc1)CCNCC2. The fourth-order valence-corrected chi connectivity index (χ4v) is 3.74. The molecule has 116 valence electrons. The number of hydrogen-bond donors (Lipinski definition) is 2. The Hall–Kier alpha value is -2.03. The van der Waals surface area contributed by atoms with Crippen molar-refractivity contribution in [2.75, 3.05) is 13.1 Å². The predicted molar refractivity (Wildman–Crippen MR) is 97.0 cm³/mol. The van der Waals surface area contributed by atoms with Crippen LogP contribution in [0.4, 0.5) is 0 Å². The fraction of sp³-hybridized carbons (Fsp3) is 0.200. The van der Waals surface area contributed by atoms with Gasteiger partial charge in [0, 0.05) is 34.1 Å². The molecule has 0 atom stereocenters. The zero-order valence-electron chi connectivity index (χ0n) is 12.9. The lowest BCUT2D eigenvalue weighted by Crippen LogP contribution is -2.16. The van der Waals surface area contributed by atoms with E-state index < -0.39 is 0 Å². The molecule has 0 saturated carbocycles. The van der Waals surface area contributed by atoms with Crippen molar-refractivity contribution in [1.29, 1.82) is 0 Å². The number of hydrogen-bond acceptors (Lipinski definition) is 1. The van der Waals surface area contributed by atoms with Crippen molar-refractivity contribution < 1.29 is 0 Å². The maximum Gasteiger partial charge on any atom is 0.0488 e. The van der Waals surface area contributed by atoms with Gasteiger partial charge >= 0.3 is 0 Å². The summed E-state index contributed by atoms with van der Waals surface area (Å²) in [5.41, 5.74) is 7.60. The summed E-state index contributed by atoms with van der Waals surface area (Å²) in [5, 5.41) is 4.32. The third-order valence-electron chi connectivity index (χ3n) is 4.58. The fourth-order valence-electron chi connectivity index (χ4n) is 3.46. The monoisotopic (exact) mass is 322 g/mol. The van der Waals surface area contributed by atoms with Crippen LogP contribution < -0.4 is 5.32 Å². The Balaban J connectivity index is 1.91. The molecule has 0 bridgehead atoms. The highest BCUT2D eigenvalue weighted by Gasteiger charge is 2.19. The molecule has 0 aliphatic carbocycles. The molecule has 2 aromatic carbocycles. The Morgan fingerprint density at radius 1 is 0.826 bits per heavy atom. The van der Waals surface area contributed by atoms with Gasteiger partial charge in [0.25, 0.3) is 0 Å². The summed E-state index contributed by atoms with van der Waals surface area (Å²) in [5.74, 6) is 0. The first-order valence-corrected chi connectivity index (χ1v) is 8.46. The van der Waals surface area contributed by atoms with E-state index in [4.69, 9.17) is 11.6 Å². The van der Waals surface area contributed by atoms with Crippen LogP contribution in [0.15, 0.2) is 54.9 Å². The van der Waals surface area contributed by atoms with Gasteiger partial charge in [-0.25, -0.2) is 0 Å². The van der Waals surface area contributed by atoms with Crippen LogP contribution in [-0.2, 0) is 12.8 Å². The van der Waals surface area contributed by atoms with Crippen molar-refractivity contribution in [1.82, 2.24) is 10.3 Å². The first kappa shape index (κ1) is 14.6. The minimum atomic E-state index is 0.836. The van der Waals surface area contributed by atoms with E-state index in [0.717, 1.165) is 31.0 Å². The van der Waals surface area contributed by atoms with Crippen molar-refractivity contribution in [2.45, 2.75) is 12.8 Å². The number of aromatic amines is 1. The van der Waals surface area contributed by atoms with E-state index in [1.807, 2.05) is 12.1 Å². The number of fused-ring (bicyclic) bond motifs is 1. The number of H-pyrrole nitrogens is 1. The Labute approximate surface area is 141 Å². The van der Waals surface area contributed by atoms with E-state index in [0.29, 0.717) is 0 Å². The Kier molecular flexibility index (Phi) is 3.94. The van der Waals surface area contributed by atoms with Crippen molar-refractivity contribution >= 4 is 11.6 Å². The van der Waals surface area contributed by atoms with Gasteiger partial charge in [-0.15, -0.1) is 0 Å². The van der Waals surface area contributed by atoms with Gasteiger partial charge in [-0.3, -0.25) is 0 Å². The molecule has 23 heavy (non-hydrogen) atoms. The third kappa shape index (κ3) is 2.69. The lowest BCUT2D eigenvalue weighted by molar-refractivity contribution is 0.711. The van der Waals surface area contributed by atoms with Crippen LogP contribution in [0.25, 0.3) is 22.3 Å². The highest BCUT2D eigenvalue weighted by molar-refractivity contribution is 6.33. The summed E-state index contributed by atoms with van der Waals surface area (Å²) in [6, 6.07) is 14.7. The second-order valence-corrected chi connectivity index (χ2v) is 6.37. The van der Waals surface area contributed by atoms with Crippen LogP contribution in [0.3, 0.4) is 0 Å². The number of benzene rings is 2. The van der Waals surface area contributed by atoms with Gasteiger partial charge in [0.15, 0.2) is 0 Å². The second-order valence-electron chi connectivity index (χ2n) is 5.96. The molecule has 1 aromatic heterocycles. The van der Waals surface area contributed by atoms with Crippen molar-refractivity contribution in [2.24, 2.45) is 0 Å². The summed E-state index contributed by atoms with van der Waals surface area (Å²) >= 11 is 6.63. The lowest BCUT2D eigenvalue weighted by atomic mass is 9.90. The average molecular weight is 323 g/mol. The molecular formula is C20H19ClN2. The van der Waals surface area contributed by atoms with E-state index in [-0.39, 0.29) is 0 Å². The smallest absolute Gasteiger partial charge is 0.0488 e. The Morgan fingerprint density at radius 2 is 1.61 bits per heavy atom. The maximum atomic E-state index is 6.63. The predicted octanol–water partition coefficient (Wildman–Crippen LogP) is 4.69. The molecule has 0 unspecified atom stereocenters. The summed E-state index contributed by atoms with van der Waals surface area (Å²) in [7, 11) is 0. The topological polar surface area (TPSA) is 27.8 Å².